The summed E-state index contributed by atoms with van der Waals surface area (Å²) in [6, 6.07) is 52.0. The fourth-order valence-corrected chi connectivity index (χ4v) is 12.5. The Morgan fingerprint density at radius 3 is 1.72 bits per heavy atom. The van der Waals surface area contributed by atoms with E-state index in [0.29, 0.717) is 0 Å². The zero-order valence-corrected chi connectivity index (χ0v) is 40.8. The van der Waals surface area contributed by atoms with Gasteiger partial charge in [0.1, 0.15) is 0 Å². The summed E-state index contributed by atoms with van der Waals surface area (Å²) in [5.74, 6) is 0. The molecule has 322 valence electrons. The van der Waals surface area contributed by atoms with Gasteiger partial charge in [0.2, 0.25) is 0 Å². The minimum Gasteiger partial charge on any atom is -0.310 e. The highest BCUT2D eigenvalue weighted by Gasteiger charge is 2.45. The van der Waals surface area contributed by atoms with Crippen molar-refractivity contribution in [2.24, 2.45) is 0 Å². The van der Waals surface area contributed by atoms with Crippen molar-refractivity contribution in [1.82, 2.24) is 9.13 Å². The van der Waals surface area contributed by atoms with Gasteiger partial charge in [-0.05, 0) is 122 Å². The van der Waals surface area contributed by atoms with Crippen LogP contribution in [0.15, 0.2) is 133 Å². The molecule has 65 heavy (non-hydrogen) atoms. The molecule has 3 aromatic heterocycles. The molecular weight excluding hydrogens is 806 g/mol. The van der Waals surface area contributed by atoms with Crippen LogP contribution in [0.4, 0.5) is 17.1 Å². The Kier molecular flexibility index (Phi) is 8.28. The van der Waals surface area contributed by atoms with Crippen molar-refractivity contribution < 1.29 is 0 Å². The van der Waals surface area contributed by atoms with Crippen LogP contribution in [0.3, 0.4) is 0 Å². The van der Waals surface area contributed by atoms with Crippen molar-refractivity contribution in [3.63, 3.8) is 0 Å². The molecule has 7 aromatic carbocycles. The van der Waals surface area contributed by atoms with Crippen LogP contribution >= 0.6 is 11.3 Å². The number of thiophene rings is 1. The van der Waals surface area contributed by atoms with Crippen molar-refractivity contribution >= 4 is 105 Å². The second-order valence-electron chi connectivity index (χ2n) is 23.1. The van der Waals surface area contributed by atoms with E-state index in [0.717, 1.165) is 0 Å². The Hall–Kier alpha value is -6.04. The monoisotopic (exact) mass is 863 g/mol. The van der Waals surface area contributed by atoms with Crippen molar-refractivity contribution in [1.29, 1.82) is 0 Å². The molecule has 0 N–H and O–H groups in total. The zero-order valence-electron chi connectivity index (χ0n) is 40.0. The van der Waals surface area contributed by atoms with E-state index in [1.54, 1.807) is 0 Å². The van der Waals surface area contributed by atoms with E-state index in [1.807, 2.05) is 11.3 Å². The molecule has 2 aliphatic rings. The molecule has 5 heteroatoms. The molecule has 0 amide bonds. The molecule has 0 aliphatic carbocycles. The molecule has 0 saturated carbocycles. The summed E-state index contributed by atoms with van der Waals surface area (Å²) in [4.78, 5) is 2.60. The van der Waals surface area contributed by atoms with E-state index in [-0.39, 0.29) is 28.4 Å². The molecule has 0 fully saturated rings. The molecule has 12 rings (SSSR count). The summed E-state index contributed by atoms with van der Waals surface area (Å²) in [5, 5.41) is 6.58. The van der Waals surface area contributed by atoms with Crippen molar-refractivity contribution in [3.05, 3.63) is 156 Å². The van der Waals surface area contributed by atoms with E-state index in [9.17, 15) is 0 Å². The third kappa shape index (κ3) is 5.80. The first-order valence-electron chi connectivity index (χ1n) is 23.6. The normalized spacial score (nSPS) is 14.1. The van der Waals surface area contributed by atoms with Gasteiger partial charge in [0, 0.05) is 64.7 Å². The van der Waals surface area contributed by atoms with Gasteiger partial charge in [0.15, 0.2) is 0 Å². The summed E-state index contributed by atoms with van der Waals surface area (Å²) in [6.45, 7) is 28.1. The molecule has 0 bridgehead atoms. The first kappa shape index (κ1) is 40.5. The average molecular weight is 864 g/mol. The van der Waals surface area contributed by atoms with Crippen LogP contribution in [0, 0.1) is 0 Å². The molecular formula is C60H58BN3S. The smallest absolute Gasteiger partial charge is 0.264 e. The Morgan fingerprint density at radius 1 is 0.431 bits per heavy atom. The zero-order chi connectivity index (χ0) is 45.3. The molecule has 10 aromatic rings. The van der Waals surface area contributed by atoms with Gasteiger partial charge < -0.3 is 14.0 Å². The summed E-state index contributed by atoms with van der Waals surface area (Å²) in [6.07, 6.45) is 0. The maximum absolute atomic E-state index is 2.64. The van der Waals surface area contributed by atoms with Crippen LogP contribution in [-0.4, -0.2) is 15.8 Å². The molecule has 0 atom stereocenters. The summed E-state index contributed by atoms with van der Waals surface area (Å²) >= 11 is 2.01. The Morgan fingerprint density at radius 2 is 1.03 bits per heavy atom. The lowest BCUT2D eigenvalue weighted by molar-refractivity contribution is 0.590. The van der Waals surface area contributed by atoms with E-state index in [4.69, 9.17) is 0 Å². The third-order valence-corrected chi connectivity index (χ3v) is 15.9. The standard InChI is InChI=1S/C60H58BN3S/c1-57(2,3)35-21-25-40(26-22-35)63-48-19-16-20-49-52(48)61(56-55(63)42-27-23-37(59(7,8)9)34-50(42)65-56)45-33-38(60(10,11)12)32-44-51-47(64(49)53(44)45)30-28-41-43-31-36(58(4,5)6)24-29-46(43)62(54(41)51)39-17-14-13-15-18-39/h13-34H,1-12H3. The molecule has 0 spiro atoms. The number of hydrogen-bond acceptors (Lipinski definition) is 2. The van der Waals surface area contributed by atoms with Gasteiger partial charge in [-0.3, -0.25) is 0 Å². The number of anilines is 3. The molecule has 3 nitrogen and oxygen atoms in total. The maximum atomic E-state index is 2.64. The maximum Gasteiger partial charge on any atom is 0.264 e. The molecule has 0 radical (unpaired) electrons. The number of aromatic nitrogens is 2. The highest BCUT2D eigenvalue weighted by molar-refractivity contribution is 7.33. The van der Waals surface area contributed by atoms with Crippen LogP contribution in [0.1, 0.15) is 105 Å². The predicted octanol–water partition coefficient (Wildman–Crippen LogP) is 14.9. The lowest BCUT2D eigenvalue weighted by Gasteiger charge is -2.39. The van der Waals surface area contributed by atoms with Gasteiger partial charge in [-0.15, -0.1) is 11.3 Å². The number of hydrogen-bond donors (Lipinski definition) is 0. The van der Waals surface area contributed by atoms with Gasteiger partial charge in [-0.1, -0.05) is 150 Å². The van der Waals surface area contributed by atoms with Crippen molar-refractivity contribution in [2.75, 3.05) is 4.90 Å². The Balaban J connectivity index is 1.25. The number of nitrogens with zero attached hydrogens (tertiary/aromatic N) is 3. The third-order valence-electron chi connectivity index (χ3n) is 14.7. The Bertz CT molecular complexity index is 3630. The largest absolute Gasteiger partial charge is 0.310 e. The van der Waals surface area contributed by atoms with E-state index in [1.165, 1.54) is 120 Å². The highest BCUT2D eigenvalue weighted by atomic mass is 32.1. The van der Waals surface area contributed by atoms with Gasteiger partial charge >= 0.3 is 0 Å². The first-order valence-corrected chi connectivity index (χ1v) is 24.4. The summed E-state index contributed by atoms with van der Waals surface area (Å²) in [5.41, 5.74) is 19.6. The van der Waals surface area contributed by atoms with Crippen LogP contribution < -0.4 is 20.6 Å². The van der Waals surface area contributed by atoms with Crippen LogP contribution in [0.5, 0.6) is 0 Å². The SMILES string of the molecule is CC(C)(C)c1ccc(N2c3cccc4c3B(c3sc5cc(C(C)(C)C)ccc5c32)c2cc(C(C)(C)C)cc3c5c(ccc6c7cc(C(C)(C)C)ccc7n(-c7ccccc7)c65)n-4c23)cc1. The molecule has 0 saturated heterocycles. The second-order valence-corrected chi connectivity index (χ2v) is 24.2. The van der Waals surface area contributed by atoms with Crippen LogP contribution in [-0.2, 0) is 21.7 Å². The fraction of sp³-hybridized carbons (Fsp3) is 0.267. The number of para-hydroxylation sites is 1. The van der Waals surface area contributed by atoms with E-state index in [2.05, 4.69) is 231 Å². The lowest BCUT2D eigenvalue weighted by atomic mass is 9.36. The van der Waals surface area contributed by atoms with Crippen LogP contribution in [0.2, 0.25) is 0 Å². The number of fused-ring (bicyclic) bond motifs is 13. The fourth-order valence-electron chi connectivity index (χ4n) is 11.1. The van der Waals surface area contributed by atoms with Gasteiger partial charge in [-0.2, -0.15) is 0 Å². The van der Waals surface area contributed by atoms with E-state index < -0.39 is 0 Å². The van der Waals surface area contributed by atoms with Crippen molar-refractivity contribution in [3.8, 4) is 11.4 Å². The second kappa shape index (κ2) is 13.3. The summed E-state index contributed by atoms with van der Waals surface area (Å²) < 4.78 is 7.97. The van der Waals surface area contributed by atoms with Gasteiger partial charge in [0.05, 0.1) is 22.2 Å². The van der Waals surface area contributed by atoms with Crippen LogP contribution in [0.25, 0.3) is 65.1 Å². The number of benzene rings is 7. The topological polar surface area (TPSA) is 13.1 Å². The average Bonchev–Trinajstić information content (AvgIpc) is 3.92. The quantitative estimate of drug-likeness (QED) is 0.158. The van der Waals surface area contributed by atoms with Gasteiger partial charge in [0.25, 0.3) is 6.71 Å². The first-order chi connectivity index (χ1) is 30.8. The minimum atomic E-state index is -0.0827. The minimum absolute atomic E-state index is 0.0235. The number of rotatable bonds is 2. The summed E-state index contributed by atoms with van der Waals surface area (Å²) in [7, 11) is 0. The molecule has 5 heterocycles. The highest BCUT2D eigenvalue weighted by Crippen LogP contribution is 2.49. The lowest BCUT2D eigenvalue weighted by Crippen LogP contribution is -2.59. The predicted molar refractivity (Wildman–Crippen MR) is 285 cm³/mol. The van der Waals surface area contributed by atoms with E-state index >= 15 is 0 Å². The van der Waals surface area contributed by atoms with Crippen molar-refractivity contribution in [2.45, 2.75) is 105 Å². The molecule has 2 aliphatic heterocycles. The van der Waals surface area contributed by atoms with Gasteiger partial charge in [-0.25, -0.2) is 0 Å². The Labute approximate surface area is 388 Å². The molecule has 0 unspecified atom stereocenters.